The number of fused-ring (bicyclic) bond motifs is 1. The second-order valence-corrected chi connectivity index (χ2v) is 12.3. The standard InChI is InChI=1S/C33H39F3N6O4/c1-19(2)14-27(41-18-22(10-12-40(5)6)24(16-28(41)43)33(34,35)36)32(46)38-25(17-29(44)45)23-15-26(39-42-13-11-37-31(23)42)30-20(3)8-7-9-21(30)4/h7-9,11,13,15-16,18-19,25,27H,10,12,14,17H2,1-6H3,(H,38,46)(H,44,45)/t25-,27-/m1/s1. The third kappa shape index (κ3) is 7.82. The Kier molecular flexibility index (Phi) is 10.3. The summed E-state index contributed by atoms with van der Waals surface area (Å²) in [6, 6.07) is 5.71. The Bertz CT molecular complexity index is 1770. The van der Waals surface area contributed by atoms with Crippen LogP contribution in [0.4, 0.5) is 13.2 Å². The van der Waals surface area contributed by atoms with Gasteiger partial charge in [0.15, 0.2) is 5.65 Å². The van der Waals surface area contributed by atoms with Gasteiger partial charge in [-0.2, -0.15) is 18.3 Å². The molecule has 0 fully saturated rings. The highest BCUT2D eigenvalue weighted by Gasteiger charge is 2.36. The Morgan fingerprint density at radius 3 is 2.37 bits per heavy atom. The number of aryl methyl sites for hydroxylation is 2. The van der Waals surface area contributed by atoms with Gasteiger partial charge in [-0.3, -0.25) is 14.4 Å². The van der Waals surface area contributed by atoms with Crippen molar-refractivity contribution < 1.29 is 27.9 Å². The fourth-order valence-electron chi connectivity index (χ4n) is 5.66. The van der Waals surface area contributed by atoms with E-state index in [9.17, 15) is 32.7 Å². The molecule has 2 N–H and O–H groups in total. The highest BCUT2D eigenvalue weighted by Crippen LogP contribution is 2.33. The van der Waals surface area contributed by atoms with Gasteiger partial charge in [-0.15, -0.1) is 0 Å². The van der Waals surface area contributed by atoms with Gasteiger partial charge in [0.05, 0.1) is 23.7 Å². The predicted molar refractivity (Wildman–Crippen MR) is 167 cm³/mol. The summed E-state index contributed by atoms with van der Waals surface area (Å²) in [7, 11) is 3.45. The second-order valence-electron chi connectivity index (χ2n) is 12.3. The minimum atomic E-state index is -4.76. The second kappa shape index (κ2) is 13.9. The lowest BCUT2D eigenvalue weighted by Gasteiger charge is -2.26. The van der Waals surface area contributed by atoms with E-state index in [0.717, 1.165) is 27.5 Å². The molecule has 4 aromatic rings. The lowest BCUT2D eigenvalue weighted by atomic mass is 9.96. The van der Waals surface area contributed by atoms with Gasteiger partial charge in [0.25, 0.3) is 5.56 Å². The largest absolute Gasteiger partial charge is 0.481 e. The van der Waals surface area contributed by atoms with Gasteiger partial charge >= 0.3 is 12.1 Å². The number of carboxylic acid groups (broad SMARTS) is 1. The molecule has 1 amide bonds. The van der Waals surface area contributed by atoms with Gasteiger partial charge in [0, 0.05) is 42.3 Å². The number of carboxylic acids is 1. The third-order valence-corrected chi connectivity index (χ3v) is 7.83. The first kappa shape index (κ1) is 34.4. The average Bonchev–Trinajstić information content (AvgIpc) is 3.42. The van der Waals surface area contributed by atoms with Crippen LogP contribution in [0.15, 0.2) is 53.7 Å². The molecule has 0 spiro atoms. The molecule has 10 nitrogen and oxygen atoms in total. The summed E-state index contributed by atoms with van der Waals surface area (Å²) >= 11 is 0. The highest BCUT2D eigenvalue weighted by atomic mass is 19.4. The third-order valence-electron chi connectivity index (χ3n) is 7.83. The quantitative estimate of drug-likeness (QED) is 0.218. The Morgan fingerprint density at radius 1 is 1.11 bits per heavy atom. The Labute approximate surface area is 264 Å². The van der Waals surface area contributed by atoms with Crippen LogP contribution in [-0.4, -0.2) is 61.7 Å². The minimum Gasteiger partial charge on any atom is -0.481 e. The highest BCUT2D eigenvalue weighted by molar-refractivity contribution is 5.82. The molecule has 0 aliphatic rings. The number of halogens is 3. The van der Waals surface area contributed by atoms with Crippen molar-refractivity contribution >= 4 is 17.5 Å². The Morgan fingerprint density at radius 2 is 1.78 bits per heavy atom. The summed E-state index contributed by atoms with van der Waals surface area (Å²) in [6.07, 6.45) is -0.914. The molecule has 46 heavy (non-hydrogen) atoms. The molecule has 13 heteroatoms. The summed E-state index contributed by atoms with van der Waals surface area (Å²) in [6.45, 7) is 7.80. The number of nitrogens with zero attached hydrogens (tertiary/aromatic N) is 5. The molecule has 1 aromatic carbocycles. The maximum absolute atomic E-state index is 14.1. The van der Waals surface area contributed by atoms with E-state index in [2.05, 4.69) is 15.4 Å². The number of hydrogen-bond acceptors (Lipinski definition) is 6. The van der Waals surface area contributed by atoms with E-state index in [1.54, 1.807) is 31.3 Å². The lowest BCUT2D eigenvalue weighted by molar-refractivity contribution is -0.139. The molecule has 0 saturated heterocycles. The fourth-order valence-corrected chi connectivity index (χ4v) is 5.66. The van der Waals surface area contributed by atoms with E-state index in [0.29, 0.717) is 23.0 Å². The van der Waals surface area contributed by atoms with Gasteiger partial charge < -0.3 is 19.9 Å². The predicted octanol–water partition coefficient (Wildman–Crippen LogP) is 5.22. The normalized spacial score (nSPS) is 13.4. The van der Waals surface area contributed by atoms with Gasteiger partial charge in [-0.1, -0.05) is 32.0 Å². The Balaban J connectivity index is 1.82. The number of aromatic nitrogens is 4. The minimum absolute atomic E-state index is 0.00421. The van der Waals surface area contributed by atoms with Crippen LogP contribution in [0.1, 0.15) is 66.6 Å². The zero-order chi connectivity index (χ0) is 33.9. The number of nitrogens with one attached hydrogen (secondary N) is 1. The first-order valence-electron chi connectivity index (χ1n) is 15.0. The van der Waals surface area contributed by atoms with Crippen molar-refractivity contribution in [2.24, 2.45) is 5.92 Å². The van der Waals surface area contributed by atoms with E-state index in [-0.39, 0.29) is 30.9 Å². The molecule has 0 unspecified atom stereocenters. The number of benzene rings is 1. The Hall–Kier alpha value is -4.52. The summed E-state index contributed by atoms with van der Waals surface area (Å²) in [5, 5.41) is 17.4. The van der Waals surface area contributed by atoms with Crippen molar-refractivity contribution in [2.45, 2.75) is 65.2 Å². The zero-order valence-corrected chi connectivity index (χ0v) is 26.7. The van der Waals surface area contributed by atoms with Crippen molar-refractivity contribution in [1.29, 1.82) is 0 Å². The van der Waals surface area contributed by atoms with E-state index in [4.69, 9.17) is 0 Å². The number of pyridine rings is 1. The maximum Gasteiger partial charge on any atom is 0.416 e. The summed E-state index contributed by atoms with van der Waals surface area (Å²) < 4.78 is 44.3. The first-order valence-corrected chi connectivity index (χ1v) is 15.0. The number of aliphatic carboxylic acids is 1. The maximum atomic E-state index is 14.1. The van der Waals surface area contributed by atoms with Crippen LogP contribution in [0.3, 0.4) is 0 Å². The molecule has 0 bridgehead atoms. The van der Waals surface area contributed by atoms with E-state index >= 15 is 0 Å². The number of alkyl halides is 3. The summed E-state index contributed by atoms with van der Waals surface area (Å²) in [5.41, 5.74) is 1.87. The van der Waals surface area contributed by atoms with Crippen LogP contribution in [-0.2, 0) is 22.2 Å². The number of carbonyl (C=O) groups excluding carboxylic acids is 1. The van der Waals surface area contributed by atoms with Crippen molar-refractivity contribution in [1.82, 2.24) is 29.4 Å². The van der Waals surface area contributed by atoms with Crippen molar-refractivity contribution in [3.8, 4) is 11.3 Å². The van der Waals surface area contributed by atoms with Crippen LogP contribution in [0.5, 0.6) is 0 Å². The molecular weight excluding hydrogens is 601 g/mol. The molecule has 0 aliphatic carbocycles. The van der Waals surface area contributed by atoms with Crippen LogP contribution < -0.4 is 10.9 Å². The van der Waals surface area contributed by atoms with Crippen molar-refractivity contribution in [3.05, 3.63) is 87.1 Å². The smallest absolute Gasteiger partial charge is 0.416 e. The summed E-state index contributed by atoms with van der Waals surface area (Å²) in [5.74, 6) is -2.03. The molecule has 3 aromatic heterocycles. The number of likely N-dealkylation sites (N-methyl/N-ethyl adjacent to an activating group) is 1. The summed E-state index contributed by atoms with van der Waals surface area (Å²) in [4.78, 5) is 45.5. The van der Waals surface area contributed by atoms with Crippen LogP contribution in [0.25, 0.3) is 16.9 Å². The SMILES string of the molecule is Cc1cccc(C)c1-c1cc([C@@H](CC(=O)O)NC(=O)[C@@H](CC(C)C)n2cc(CCN(C)C)c(C(F)(F)F)cc2=O)c2nccn2n1. The number of carbonyl (C=O) groups is 2. The van der Waals surface area contributed by atoms with Gasteiger partial charge in [0.1, 0.15) is 6.04 Å². The van der Waals surface area contributed by atoms with Crippen molar-refractivity contribution in [2.75, 3.05) is 20.6 Å². The average molecular weight is 641 g/mol. The zero-order valence-electron chi connectivity index (χ0n) is 26.7. The van der Waals surface area contributed by atoms with Crippen LogP contribution in [0, 0.1) is 19.8 Å². The molecule has 2 atom stereocenters. The van der Waals surface area contributed by atoms with Gasteiger partial charge in [-0.05, 0) is 69.5 Å². The van der Waals surface area contributed by atoms with Crippen molar-refractivity contribution in [3.63, 3.8) is 0 Å². The van der Waals surface area contributed by atoms with Crippen LogP contribution in [0.2, 0.25) is 0 Å². The monoisotopic (exact) mass is 640 g/mol. The van der Waals surface area contributed by atoms with Gasteiger partial charge in [0.2, 0.25) is 5.91 Å². The van der Waals surface area contributed by atoms with Crippen LogP contribution >= 0.6 is 0 Å². The molecule has 246 valence electrons. The topological polar surface area (TPSA) is 122 Å². The molecule has 0 saturated carbocycles. The number of amides is 1. The van der Waals surface area contributed by atoms with Gasteiger partial charge in [-0.25, -0.2) is 9.50 Å². The molecular formula is C33H39F3N6O4. The number of rotatable bonds is 12. The molecule has 3 heterocycles. The molecule has 0 radical (unpaired) electrons. The lowest BCUT2D eigenvalue weighted by Crippen LogP contribution is -2.40. The van der Waals surface area contributed by atoms with E-state index in [1.807, 2.05) is 45.9 Å². The number of hydrogen-bond donors (Lipinski definition) is 2. The molecule has 4 rings (SSSR count). The number of imidazole rings is 1. The first-order chi connectivity index (χ1) is 21.6. The fraction of sp³-hybridized carbons (Fsp3) is 0.424. The molecule has 0 aliphatic heterocycles. The van der Waals surface area contributed by atoms with E-state index in [1.165, 1.54) is 10.7 Å². The van der Waals surface area contributed by atoms with E-state index < -0.39 is 47.7 Å².